The Kier molecular flexibility index (Phi) is 13.5. The molecule has 3 aromatic carbocycles. The lowest BCUT2D eigenvalue weighted by Crippen LogP contribution is -2.43. The van der Waals surface area contributed by atoms with E-state index in [1.807, 2.05) is 42.5 Å². The van der Waals surface area contributed by atoms with Gasteiger partial charge in [0.25, 0.3) is 0 Å². The zero-order valence-electron chi connectivity index (χ0n) is 39.8. The first-order chi connectivity index (χ1) is 33.8. The average Bonchev–Trinajstić information content (AvgIpc) is 3.46. The van der Waals surface area contributed by atoms with Crippen molar-refractivity contribution in [2.75, 3.05) is 62.5 Å². The molecule has 3 radical (unpaired) electrons. The van der Waals surface area contributed by atoms with E-state index < -0.39 is 0 Å². The monoisotopic (exact) mass is 937 g/mol. The van der Waals surface area contributed by atoms with Crippen LogP contribution in [-0.2, 0) is 47.7 Å². The van der Waals surface area contributed by atoms with Crippen LogP contribution in [0.3, 0.4) is 0 Å². The number of rotatable bonds is 7. The molecule has 1 fully saturated rings. The van der Waals surface area contributed by atoms with Gasteiger partial charge in [-0.2, -0.15) is 0 Å². The molecule has 18 bridgehead atoms. The van der Waals surface area contributed by atoms with Crippen LogP contribution in [-0.4, -0.2) is 79.8 Å². The fourth-order valence-corrected chi connectivity index (χ4v) is 10.4. The Morgan fingerprint density at radius 2 is 1.26 bits per heavy atom. The van der Waals surface area contributed by atoms with Crippen molar-refractivity contribution in [3.8, 4) is 34.5 Å². The summed E-state index contributed by atoms with van der Waals surface area (Å²) in [6.45, 7) is 1.74. The molecule has 4 unspecified atom stereocenters. The van der Waals surface area contributed by atoms with Crippen molar-refractivity contribution >= 4 is 12.2 Å². The van der Waals surface area contributed by atoms with E-state index in [1.54, 1.807) is 42.7 Å². The molecular weight excluding hydrogens is 881 g/mol. The van der Waals surface area contributed by atoms with Gasteiger partial charge in [0, 0.05) is 18.6 Å². The third-order valence-corrected chi connectivity index (χ3v) is 14.0. The van der Waals surface area contributed by atoms with Gasteiger partial charge < -0.3 is 61.9 Å². The topological polar surface area (TPSA) is 131 Å². The minimum atomic E-state index is -0.371. The second kappa shape index (κ2) is 20.2. The molecule has 12 aliphatic heterocycles. The highest BCUT2D eigenvalue weighted by Crippen LogP contribution is 2.47. The molecule has 4 atom stereocenters. The van der Waals surface area contributed by atoms with Crippen molar-refractivity contribution in [1.82, 2.24) is 0 Å². The van der Waals surface area contributed by atoms with E-state index in [4.69, 9.17) is 56.8 Å². The summed E-state index contributed by atoms with van der Waals surface area (Å²) in [7, 11) is 9.91. The van der Waals surface area contributed by atoms with Crippen LogP contribution in [0.25, 0.3) is 12.2 Å². The number of methoxy groups -OCH3 is 6. The molecule has 20 rings (SSSR count). The number of allylic oxidation sites excluding steroid dienone is 6. The van der Waals surface area contributed by atoms with E-state index in [1.165, 1.54) is 25.4 Å². The van der Waals surface area contributed by atoms with Crippen LogP contribution in [0.15, 0.2) is 119 Å². The molecule has 0 saturated heterocycles. The van der Waals surface area contributed by atoms with Crippen LogP contribution in [0.1, 0.15) is 52.6 Å². The smallest absolute Gasteiger partial charge is 0.233 e. The lowest BCUT2D eigenvalue weighted by atomic mass is 9.70. The minimum absolute atomic E-state index is 0.146. The Bertz CT molecular complexity index is 2720. The highest BCUT2D eigenvalue weighted by molar-refractivity contribution is 5.73. The van der Waals surface area contributed by atoms with E-state index in [-0.39, 0.29) is 30.7 Å². The molecule has 1 saturated carbocycles. The van der Waals surface area contributed by atoms with Crippen LogP contribution in [0, 0.1) is 30.5 Å². The Morgan fingerprint density at radius 3 is 2.03 bits per heavy atom. The van der Waals surface area contributed by atoms with Crippen molar-refractivity contribution in [2.45, 2.75) is 50.7 Å². The Morgan fingerprint density at radius 1 is 0.580 bits per heavy atom. The molecule has 12 heterocycles. The van der Waals surface area contributed by atoms with Crippen LogP contribution in [0.2, 0.25) is 0 Å². The molecule has 1 N–H and O–H groups in total. The molecule has 3 aromatic rings. The van der Waals surface area contributed by atoms with Crippen molar-refractivity contribution in [3.63, 3.8) is 0 Å². The first kappa shape index (κ1) is 46.2. The van der Waals surface area contributed by atoms with Gasteiger partial charge in [0.1, 0.15) is 24.9 Å². The molecule has 13 nitrogen and oxygen atoms in total. The van der Waals surface area contributed by atoms with E-state index in [0.717, 1.165) is 81.7 Å². The fourth-order valence-electron chi connectivity index (χ4n) is 10.4. The summed E-state index contributed by atoms with van der Waals surface area (Å²) in [5.41, 5.74) is 9.27. The first-order valence-corrected chi connectivity index (χ1v) is 23.2. The number of aliphatic hydroxyl groups is 1. The van der Waals surface area contributed by atoms with Crippen molar-refractivity contribution in [1.29, 1.82) is 0 Å². The average molecular weight is 938 g/mol. The minimum Gasteiger partial charge on any atom is -0.496 e. The lowest BCUT2D eigenvalue weighted by Gasteiger charge is -2.41. The van der Waals surface area contributed by atoms with Gasteiger partial charge in [0.2, 0.25) is 6.10 Å². The van der Waals surface area contributed by atoms with Gasteiger partial charge >= 0.3 is 0 Å². The number of benzene rings is 3. The van der Waals surface area contributed by atoms with Crippen molar-refractivity contribution in [3.05, 3.63) is 171 Å². The Hall–Kier alpha value is -6.54. The van der Waals surface area contributed by atoms with Gasteiger partial charge in [-0.05, 0) is 167 Å². The van der Waals surface area contributed by atoms with Gasteiger partial charge in [-0.15, -0.1) is 0 Å². The zero-order valence-corrected chi connectivity index (χ0v) is 39.8. The molecule has 13 heteroatoms. The number of hydrogen-bond acceptors (Lipinski definition) is 13. The molecule has 17 aliphatic rings. The summed E-state index contributed by atoms with van der Waals surface area (Å²) >= 11 is 0. The van der Waals surface area contributed by atoms with E-state index in [9.17, 15) is 5.11 Å². The van der Waals surface area contributed by atoms with Crippen LogP contribution >= 0.6 is 0 Å². The summed E-state index contributed by atoms with van der Waals surface area (Å²) < 4.78 is 75.0. The first-order valence-electron chi connectivity index (χ1n) is 23.2. The molecular formula is C56H57O13. The normalized spacial score (nSPS) is 26.0. The fraction of sp³-hybridized carbons (Fsp3) is 0.339. The maximum Gasteiger partial charge on any atom is 0.233 e. The van der Waals surface area contributed by atoms with Gasteiger partial charge in [0.15, 0.2) is 52.6 Å². The molecule has 0 amide bonds. The SMILES string of the molecule is COC1=C/C2=C\c3cc4c(OC)cc3CC3CC5OCCOc6cc7c(cc6OC)C[C]6C=C(O/C=C(\CO)[CH]O4)C(OC)=C/C6=C\c4cc(c(OC)cc4C7)O/C=C/O[C]1C=C2CC3CC5OC. The molecule has 0 spiro atoms. The standard InChI is InChI=1S/C56H57O13/c1-58-45-17-33-11-39-23-51-47(60-3)19-35(39)15-43-27-55-49(62-5)21-37(43)13-41(33)25-53(45)66-9-7-64-52-24-40-12-34-18-46(59-2)54(67-10-8-65-51)26-42(34)14-38-22-50(63-6)56(69-31-32(29-57)30-68-55)28-44(38)16-36(40)20-48(52)61-4/h7,9,13,16-17,19-25,27-28,30-31,34,42,46,54,57H,8,10-12,14-15,18,26,29H2,1-6H3/b9-7+,32-30+,36-16+,37-13+. The van der Waals surface area contributed by atoms with Crippen molar-refractivity contribution in [2.24, 2.45) is 11.8 Å². The predicted molar refractivity (Wildman–Crippen MR) is 257 cm³/mol. The maximum absolute atomic E-state index is 10.7. The van der Waals surface area contributed by atoms with Crippen molar-refractivity contribution < 1.29 is 61.9 Å². The quantitative estimate of drug-likeness (QED) is 0.242. The van der Waals surface area contributed by atoms with Crippen LogP contribution in [0.4, 0.5) is 0 Å². The second-order valence-corrected chi connectivity index (χ2v) is 17.9. The van der Waals surface area contributed by atoms with E-state index in [0.29, 0.717) is 89.5 Å². The van der Waals surface area contributed by atoms with E-state index in [2.05, 4.69) is 30.4 Å². The van der Waals surface area contributed by atoms with Crippen LogP contribution < -0.4 is 28.4 Å². The molecule has 5 aliphatic carbocycles. The number of ether oxygens (including phenoxy) is 12. The van der Waals surface area contributed by atoms with Gasteiger partial charge in [0.05, 0.1) is 67.2 Å². The van der Waals surface area contributed by atoms with Gasteiger partial charge in [-0.1, -0.05) is 6.08 Å². The highest BCUT2D eigenvalue weighted by atomic mass is 16.6. The van der Waals surface area contributed by atoms with Gasteiger partial charge in [-0.3, -0.25) is 0 Å². The summed E-state index contributed by atoms with van der Waals surface area (Å²) in [5, 5.41) is 10.7. The maximum atomic E-state index is 10.7. The summed E-state index contributed by atoms with van der Waals surface area (Å²) in [6.07, 6.45) is 21.0. The number of aliphatic hydroxyl groups excluding tert-OH is 1. The lowest BCUT2D eigenvalue weighted by molar-refractivity contribution is -0.106. The summed E-state index contributed by atoms with van der Waals surface area (Å²) in [6, 6.07) is 12.1. The van der Waals surface area contributed by atoms with E-state index >= 15 is 0 Å². The molecule has 359 valence electrons. The third kappa shape index (κ3) is 9.47. The number of hydrogen-bond donors (Lipinski definition) is 1. The highest BCUT2D eigenvalue weighted by Gasteiger charge is 2.40. The largest absolute Gasteiger partial charge is 0.496 e. The van der Waals surface area contributed by atoms with Crippen LogP contribution in [0.5, 0.6) is 34.5 Å². The third-order valence-electron chi connectivity index (χ3n) is 14.0. The van der Waals surface area contributed by atoms with Gasteiger partial charge in [-0.25, -0.2) is 0 Å². The second-order valence-electron chi connectivity index (χ2n) is 17.9. The summed E-state index contributed by atoms with van der Waals surface area (Å²) in [4.78, 5) is 0. The molecule has 69 heavy (non-hydrogen) atoms. The predicted octanol–water partition coefficient (Wildman–Crippen LogP) is 9.41. The Labute approximate surface area is 403 Å². The summed E-state index contributed by atoms with van der Waals surface area (Å²) in [5.74, 6) is 6.07. The zero-order chi connectivity index (χ0) is 47.6. The molecule has 0 aromatic heterocycles. The Balaban J connectivity index is 1.19.